The van der Waals surface area contributed by atoms with Crippen LogP contribution in [0.2, 0.25) is 0 Å². The molecule has 1 aliphatic heterocycles. The Balaban J connectivity index is 2.85. The molecule has 0 aromatic rings. The molecular formula is C17H30N2O3. The summed E-state index contributed by atoms with van der Waals surface area (Å²) in [5.41, 5.74) is 5.37. The normalized spacial score (nSPS) is 21.4. The van der Waals surface area contributed by atoms with Gasteiger partial charge in [-0.15, -0.1) is 0 Å². The summed E-state index contributed by atoms with van der Waals surface area (Å²) in [7, 11) is 0. The second-order valence-electron chi connectivity index (χ2n) is 8.59. The lowest BCUT2D eigenvalue weighted by molar-refractivity contribution is -0.143. The SMILES string of the molecule is CC(C)(C)CC(=O)CC(CN)N1C(=O)CC(C(C)(C)C)C1=O. The van der Waals surface area contributed by atoms with Crippen molar-refractivity contribution >= 4 is 17.6 Å². The van der Waals surface area contributed by atoms with Crippen molar-refractivity contribution in [1.82, 2.24) is 4.90 Å². The van der Waals surface area contributed by atoms with E-state index in [2.05, 4.69) is 0 Å². The number of carbonyl (C=O) groups is 3. The third-order valence-electron chi connectivity index (χ3n) is 4.06. The number of likely N-dealkylation sites (tertiary alicyclic amines) is 1. The van der Waals surface area contributed by atoms with E-state index in [-0.39, 0.29) is 53.7 Å². The Bertz CT molecular complexity index is 458. The van der Waals surface area contributed by atoms with Crippen molar-refractivity contribution in [3.63, 3.8) is 0 Å². The number of ketones is 1. The lowest BCUT2D eigenvalue weighted by Gasteiger charge is -2.29. The summed E-state index contributed by atoms with van der Waals surface area (Å²) in [6, 6.07) is -0.512. The fourth-order valence-corrected chi connectivity index (χ4v) is 2.92. The van der Waals surface area contributed by atoms with E-state index in [4.69, 9.17) is 5.73 Å². The van der Waals surface area contributed by atoms with Crippen LogP contribution < -0.4 is 5.73 Å². The first-order valence-corrected chi connectivity index (χ1v) is 7.94. The zero-order chi connectivity index (χ0) is 17.3. The largest absolute Gasteiger partial charge is 0.328 e. The van der Waals surface area contributed by atoms with Crippen molar-refractivity contribution in [2.45, 2.75) is 66.8 Å². The van der Waals surface area contributed by atoms with E-state index in [1.165, 1.54) is 4.90 Å². The van der Waals surface area contributed by atoms with Crippen molar-refractivity contribution in [2.75, 3.05) is 6.54 Å². The zero-order valence-corrected chi connectivity index (χ0v) is 14.7. The fourth-order valence-electron chi connectivity index (χ4n) is 2.92. The molecule has 2 unspecified atom stereocenters. The Kier molecular flexibility index (Phi) is 5.55. The molecule has 1 saturated heterocycles. The van der Waals surface area contributed by atoms with Crippen LogP contribution in [0.3, 0.4) is 0 Å². The minimum atomic E-state index is -0.512. The van der Waals surface area contributed by atoms with E-state index < -0.39 is 6.04 Å². The zero-order valence-electron chi connectivity index (χ0n) is 14.7. The van der Waals surface area contributed by atoms with E-state index in [1.807, 2.05) is 41.5 Å². The third-order valence-corrected chi connectivity index (χ3v) is 4.06. The summed E-state index contributed by atoms with van der Waals surface area (Å²) in [5.74, 6) is -0.671. The number of nitrogens with two attached hydrogens (primary N) is 1. The van der Waals surface area contributed by atoms with Gasteiger partial charge in [-0.25, -0.2) is 0 Å². The topological polar surface area (TPSA) is 80.5 Å². The molecule has 0 saturated carbocycles. The van der Waals surface area contributed by atoms with Gasteiger partial charge in [-0.3, -0.25) is 19.3 Å². The highest BCUT2D eigenvalue weighted by Crippen LogP contribution is 2.36. The van der Waals surface area contributed by atoms with Crippen molar-refractivity contribution in [3.8, 4) is 0 Å². The summed E-state index contributed by atoms with van der Waals surface area (Å²) < 4.78 is 0. The molecule has 1 aliphatic rings. The highest BCUT2D eigenvalue weighted by Gasteiger charge is 2.47. The predicted molar refractivity (Wildman–Crippen MR) is 86.0 cm³/mol. The highest BCUT2D eigenvalue weighted by atomic mass is 16.2. The minimum absolute atomic E-state index is 0.0442. The summed E-state index contributed by atoms with van der Waals surface area (Å²) >= 11 is 0. The van der Waals surface area contributed by atoms with Gasteiger partial charge in [0.2, 0.25) is 11.8 Å². The van der Waals surface area contributed by atoms with Gasteiger partial charge < -0.3 is 5.73 Å². The number of hydrogen-bond acceptors (Lipinski definition) is 4. The molecule has 2 atom stereocenters. The van der Waals surface area contributed by atoms with E-state index in [1.54, 1.807) is 0 Å². The molecule has 1 rings (SSSR count). The van der Waals surface area contributed by atoms with Crippen molar-refractivity contribution in [2.24, 2.45) is 22.5 Å². The van der Waals surface area contributed by atoms with Crippen molar-refractivity contribution in [3.05, 3.63) is 0 Å². The predicted octanol–water partition coefficient (Wildman–Crippen LogP) is 2.13. The van der Waals surface area contributed by atoms with Gasteiger partial charge in [0.25, 0.3) is 0 Å². The van der Waals surface area contributed by atoms with E-state index in [0.29, 0.717) is 6.42 Å². The van der Waals surface area contributed by atoms with Gasteiger partial charge in [-0.2, -0.15) is 0 Å². The highest BCUT2D eigenvalue weighted by molar-refractivity contribution is 6.04. The molecule has 2 amide bonds. The Labute approximate surface area is 133 Å². The lowest BCUT2D eigenvalue weighted by atomic mass is 9.80. The van der Waals surface area contributed by atoms with Gasteiger partial charge in [0.15, 0.2) is 0 Å². The van der Waals surface area contributed by atoms with Gasteiger partial charge in [0, 0.05) is 25.8 Å². The van der Waals surface area contributed by atoms with Crippen LogP contribution in [0.4, 0.5) is 0 Å². The molecular weight excluding hydrogens is 280 g/mol. The van der Waals surface area contributed by atoms with Crippen LogP contribution in [0.15, 0.2) is 0 Å². The molecule has 0 bridgehead atoms. The van der Waals surface area contributed by atoms with Gasteiger partial charge in [-0.05, 0) is 10.8 Å². The first-order chi connectivity index (χ1) is 9.86. The van der Waals surface area contributed by atoms with Crippen LogP contribution in [0, 0.1) is 16.7 Å². The van der Waals surface area contributed by atoms with Gasteiger partial charge >= 0.3 is 0 Å². The first kappa shape index (κ1) is 18.8. The van der Waals surface area contributed by atoms with Crippen LogP contribution >= 0.6 is 0 Å². The molecule has 1 fully saturated rings. The van der Waals surface area contributed by atoms with Crippen molar-refractivity contribution in [1.29, 1.82) is 0 Å². The monoisotopic (exact) mass is 310 g/mol. The Morgan fingerprint density at radius 1 is 1.23 bits per heavy atom. The van der Waals surface area contributed by atoms with Crippen LogP contribution in [0.1, 0.15) is 60.8 Å². The maximum atomic E-state index is 12.6. The van der Waals surface area contributed by atoms with Crippen LogP contribution in [-0.4, -0.2) is 35.1 Å². The smallest absolute Gasteiger partial charge is 0.233 e. The minimum Gasteiger partial charge on any atom is -0.328 e. The van der Waals surface area contributed by atoms with Gasteiger partial charge in [-0.1, -0.05) is 41.5 Å². The Hall–Kier alpha value is -1.23. The first-order valence-electron chi connectivity index (χ1n) is 7.94. The van der Waals surface area contributed by atoms with Crippen LogP contribution in [-0.2, 0) is 14.4 Å². The molecule has 0 aromatic heterocycles. The lowest BCUT2D eigenvalue weighted by Crippen LogP contribution is -2.46. The van der Waals surface area contributed by atoms with Crippen molar-refractivity contribution < 1.29 is 14.4 Å². The number of amides is 2. The molecule has 1 heterocycles. The van der Waals surface area contributed by atoms with E-state index in [9.17, 15) is 14.4 Å². The Morgan fingerprint density at radius 2 is 1.77 bits per heavy atom. The molecule has 0 aliphatic carbocycles. The molecule has 0 aromatic carbocycles. The second kappa shape index (κ2) is 6.49. The average Bonchev–Trinajstić information content (AvgIpc) is 2.60. The number of carbonyl (C=O) groups excluding carboxylic acids is 3. The molecule has 126 valence electrons. The molecule has 5 nitrogen and oxygen atoms in total. The number of hydrogen-bond donors (Lipinski definition) is 1. The standard InChI is InChI=1S/C17H30N2O3/c1-16(2,3)9-12(20)7-11(10-18)19-14(21)8-13(15(19)22)17(4,5)6/h11,13H,7-10,18H2,1-6H3. The molecule has 2 N–H and O–H groups in total. The summed E-state index contributed by atoms with van der Waals surface area (Å²) in [4.78, 5) is 38.2. The van der Waals surface area contributed by atoms with Gasteiger partial charge in [0.05, 0.1) is 12.0 Å². The number of imide groups is 1. The maximum absolute atomic E-state index is 12.6. The van der Waals surface area contributed by atoms with Gasteiger partial charge in [0.1, 0.15) is 5.78 Å². The maximum Gasteiger partial charge on any atom is 0.233 e. The van der Waals surface area contributed by atoms with E-state index in [0.717, 1.165) is 0 Å². The number of Topliss-reactive ketones (excluding diaryl/α,β-unsaturated/α-hetero) is 1. The second-order valence-corrected chi connectivity index (χ2v) is 8.59. The average molecular weight is 310 g/mol. The van der Waals surface area contributed by atoms with E-state index >= 15 is 0 Å². The molecule has 22 heavy (non-hydrogen) atoms. The van der Waals surface area contributed by atoms with Crippen LogP contribution in [0.5, 0.6) is 0 Å². The summed E-state index contributed by atoms with van der Waals surface area (Å²) in [6.45, 7) is 12.0. The quantitative estimate of drug-likeness (QED) is 0.789. The summed E-state index contributed by atoms with van der Waals surface area (Å²) in [5, 5.41) is 0. The molecule has 5 heteroatoms. The fraction of sp³-hybridized carbons (Fsp3) is 0.824. The molecule has 0 radical (unpaired) electrons. The molecule has 0 spiro atoms. The number of nitrogens with zero attached hydrogens (tertiary/aromatic N) is 1. The van der Waals surface area contributed by atoms with Crippen LogP contribution in [0.25, 0.3) is 0 Å². The summed E-state index contributed by atoms with van der Waals surface area (Å²) in [6.07, 6.45) is 0.789. The Morgan fingerprint density at radius 3 is 2.14 bits per heavy atom. The third kappa shape index (κ3) is 4.63. The number of rotatable bonds is 5.